The van der Waals surface area contributed by atoms with Gasteiger partial charge in [-0.3, -0.25) is 9.59 Å². The van der Waals surface area contributed by atoms with Crippen LogP contribution in [0.2, 0.25) is 0 Å². The smallest absolute Gasteiger partial charge is 0.227 e. The maximum atomic E-state index is 12.9. The summed E-state index contributed by atoms with van der Waals surface area (Å²) in [7, 11) is 0. The Hall–Kier alpha value is -3.02. The second-order valence-corrected chi connectivity index (χ2v) is 7.04. The van der Waals surface area contributed by atoms with Crippen molar-refractivity contribution in [3.05, 3.63) is 54.1 Å². The summed E-state index contributed by atoms with van der Waals surface area (Å²) in [5, 5.41) is 3.12. The molecule has 4 rings (SSSR count). The maximum Gasteiger partial charge on any atom is 0.227 e. The van der Waals surface area contributed by atoms with Crippen molar-refractivity contribution in [1.29, 1.82) is 0 Å². The van der Waals surface area contributed by atoms with Crippen molar-refractivity contribution in [2.24, 2.45) is 5.92 Å². The number of hydrogen-bond donors (Lipinski definition) is 1. The van der Waals surface area contributed by atoms with Crippen LogP contribution >= 0.6 is 0 Å². The van der Waals surface area contributed by atoms with Gasteiger partial charge in [0.05, 0.1) is 30.9 Å². The predicted molar refractivity (Wildman–Crippen MR) is 106 cm³/mol. The maximum absolute atomic E-state index is 12.9. The largest absolute Gasteiger partial charge is 0.493 e. The number of fused-ring (bicyclic) bond motifs is 1. The molecule has 0 radical (unpaired) electrons. The van der Waals surface area contributed by atoms with Crippen LogP contribution in [0.4, 0.5) is 5.69 Å². The molecule has 2 amide bonds. The minimum atomic E-state index is -0.378. The summed E-state index contributed by atoms with van der Waals surface area (Å²) in [4.78, 5) is 27.2. The van der Waals surface area contributed by atoms with Gasteiger partial charge in [0, 0.05) is 24.9 Å². The lowest BCUT2D eigenvalue weighted by molar-refractivity contribution is -0.127. The van der Waals surface area contributed by atoms with Crippen molar-refractivity contribution in [1.82, 2.24) is 5.32 Å². The predicted octanol–water partition coefficient (Wildman–Crippen LogP) is 3.08. The summed E-state index contributed by atoms with van der Waals surface area (Å²) >= 11 is 0. The summed E-state index contributed by atoms with van der Waals surface area (Å²) in [6.07, 6.45) is 0.928. The van der Waals surface area contributed by atoms with E-state index in [0.717, 1.165) is 23.4 Å². The molecule has 0 spiro atoms. The van der Waals surface area contributed by atoms with Gasteiger partial charge >= 0.3 is 0 Å². The zero-order valence-corrected chi connectivity index (χ0v) is 15.9. The molecule has 0 bridgehead atoms. The van der Waals surface area contributed by atoms with Gasteiger partial charge < -0.3 is 19.7 Å². The molecule has 146 valence electrons. The van der Waals surface area contributed by atoms with Gasteiger partial charge in [0.25, 0.3) is 0 Å². The third-order valence-corrected chi connectivity index (χ3v) is 5.23. The van der Waals surface area contributed by atoms with Crippen molar-refractivity contribution >= 4 is 17.5 Å². The molecule has 6 heteroatoms. The average molecular weight is 380 g/mol. The lowest BCUT2D eigenvalue weighted by Gasteiger charge is -2.27. The third kappa shape index (κ3) is 3.54. The second kappa shape index (κ2) is 7.92. The number of amides is 2. The van der Waals surface area contributed by atoms with Crippen molar-refractivity contribution in [3.63, 3.8) is 0 Å². The zero-order chi connectivity index (χ0) is 19.5. The van der Waals surface area contributed by atoms with Crippen LogP contribution in [-0.4, -0.2) is 31.6 Å². The van der Waals surface area contributed by atoms with Crippen molar-refractivity contribution in [3.8, 4) is 11.5 Å². The minimum Gasteiger partial charge on any atom is -0.493 e. The Morgan fingerprint density at radius 3 is 2.86 bits per heavy atom. The van der Waals surface area contributed by atoms with Crippen molar-refractivity contribution in [2.75, 3.05) is 24.7 Å². The first-order chi connectivity index (χ1) is 13.7. The second-order valence-electron chi connectivity index (χ2n) is 7.04. The van der Waals surface area contributed by atoms with Crippen LogP contribution in [0.3, 0.4) is 0 Å². The fraction of sp³-hybridized carbons (Fsp3) is 0.364. The quantitative estimate of drug-likeness (QED) is 0.866. The highest BCUT2D eigenvalue weighted by atomic mass is 16.5. The van der Waals surface area contributed by atoms with Gasteiger partial charge in [0.1, 0.15) is 11.5 Å². The summed E-state index contributed by atoms with van der Waals surface area (Å²) in [6, 6.07) is 15.1. The van der Waals surface area contributed by atoms with E-state index in [0.29, 0.717) is 25.5 Å². The Kier molecular flexibility index (Phi) is 5.19. The Morgan fingerprint density at radius 2 is 2.00 bits per heavy atom. The molecule has 2 aliphatic rings. The van der Waals surface area contributed by atoms with Crippen molar-refractivity contribution < 1.29 is 19.1 Å². The highest BCUT2D eigenvalue weighted by Crippen LogP contribution is 2.35. The first-order valence-corrected chi connectivity index (χ1v) is 9.71. The molecule has 2 aromatic carbocycles. The summed E-state index contributed by atoms with van der Waals surface area (Å²) in [6.45, 7) is 3.36. The van der Waals surface area contributed by atoms with E-state index in [1.807, 2.05) is 55.5 Å². The lowest BCUT2D eigenvalue weighted by atomic mass is 9.99. The number of benzene rings is 2. The van der Waals surface area contributed by atoms with E-state index in [4.69, 9.17) is 9.47 Å². The molecule has 0 aromatic heterocycles. The number of rotatable bonds is 5. The molecule has 0 aliphatic carbocycles. The third-order valence-electron chi connectivity index (χ3n) is 5.23. The number of carbonyl (C=O) groups is 2. The number of ether oxygens (including phenoxy) is 2. The Labute approximate surface area is 164 Å². The standard InChI is InChI=1S/C22H24N2O4/c1-2-27-20-10-6-4-8-18(20)24-14-15(13-21(24)25)22(26)23-17-11-12-28-19-9-5-3-7-16(17)19/h3-10,15,17H,2,11-14H2,1H3,(H,23,26)/t15-,17+/m1/s1. The van der Waals surface area contributed by atoms with E-state index in [1.165, 1.54) is 0 Å². The number of anilines is 1. The highest BCUT2D eigenvalue weighted by Gasteiger charge is 2.37. The van der Waals surface area contributed by atoms with Crippen LogP contribution in [0.5, 0.6) is 11.5 Å². The van der Waals surface area contributed by atoms with Gasteiger partial charge in [0.15, 0.2) is 0 Å². The first-order valence-electron chi connectivity index (χ1n) is 9.71. The van der Waals surface area contributed by atoms with E-state index in [1.54, 1.807) is 4.90 Å². The molecule has 1 saturated heterocycles. The molecule has 2 aliphatic heterocycles. The van der Waals surface area contributed by atoms with Crippen LogP contribution in [0.1, 0.15) is 31.4 Å². The number of carbonyl (C=O) groups excluding carboxylic acids is 2. The van der Waals surface area contributed by atoms with Crippen LogP contribution in [-0.2, 0) is 9.59 Å². The highest BCUT2D eigenvalue weighted by molar-refractivity contribution is 6.01. The summed E-state index contributed by atoms with van der Waals surface area (Å²) < 4.78 is 11.3. The zero-order valence-electron chi connectivity index (χ0n) is 15.9. The van der Waals surface area contributed by atoms with Gasteiger partial charge in [-0.05, 0) is 25.1 Å². The van der Waals surface area contributed by atoms with Gasteiger partial charge in [-0.25, -0.2) is 0 Å². The van der Waals surface area contributed by atoms with Crippen LogP contribution in [0.15, 0.2) is 48.5 Å². The number of hydrogen-bond acceptors (Lipinski definition) is 4. The number of nitrogens with zero attached hydrogens (tertiary/aromatic N) is 1. The molecule has 1 N–H and O–H groups in total. The van der Waals surface area contributed by atoms with E-state index < -0.39 is 0 Å². The first kappa shape index (κ1) is 18.3. The number of para-hydroxylation sites is 3. The molecule has 0 saturated carbocycles. The van der Waals surface area contributed by atoms with E-state index in [9.17, 15) is 9.59 Å². The molecule has 2 aromatic rings. The van der Waals surface area contributed by atoms with Gasteiger partial charge in [-0.15, -0.1) is 0 Å². The molecule has 2 atom stereocenters. The Morgan fingerprint density at radius 1 is 1.21 bits per heavy atom. The normalized spacial score (nSPS) is 21.0. The Balaban J connectivity index is 1.47. The summed E-state index contributed by atoms with van der Waals surface area (Å²) in [5.41, 5.74) is 1.71. The summed E-state index contributed by atoms with van der Waals surface area (Å²) in [5.74, 6) is 0.954. The SMILES string of the molecule is CCOc1ccccc1N1C[C@H](C(=O)N[C@H]2CCOc3ccccc32)CC1=O. The minimum absolute atomic E-state index is 0.0559. The fourth-order valence-corrected chi connectivity index (χ4v) is 3.86. The topological polar surface area (TPSA) is 67.9 Å². The van der Waals surface area contributed by atoms with E-state index in [2.05, 4.69) is 5.32 Å². The van der Waals surface area contributed by atoms with Crippen LogP contribution < -0.4 is 19.7 Å². The van der Waals surface area contributed by atoms with Crippen LogP contribution in [0, 0.1) is 5.92 Å². The molecule has 28 heavy (non-hydrogen) atoms. The van der Waals surface area contributed by atoms with Gasteiger partial charge in [-0.2, -0.15) is 0 Å². The van der Waals surface area contributed by atoms with E-state index >= 15 is 0 Å². The molecular weight excluding hydrogens is 356 g/mol. The molecule has 6 nitrogen and oxygen atoms in total. The molecule has 1 fully saturated rings. The Bertz CT molecular complexity index is 882. The monoisotopic (exact) mass is 380 g/mol. The van der Waals surface area contributed by atoms with E-state index in [-0.39, 0.29) is 30.2 Å². The van der Waals surface area contributed by atoms with Gasteiger partial charge in [0.2, 0.25) is 11.8 Å². The van der Waals surface area contributed by atoms with Crippen molar-refractivity contribution in [2.45, 2.75) is 25.8 Å². The fourth-order valence-electron chi connectivity index (χ4n) is 3.86. The molecule has 2 heterocycles. The lowest BCUT2D eigenvalue weighted by Crippen LogP contribution is -2.37. The van der Waals surface area contributed by atoms with Gasteiger partial charge in [-0.1, -0.05) is 30.3 Å². The number of nitrogens with one attached hydrogen (secondary N) is 1. The average Bonchev–Trinajstić information content (AvgIpc) is 3.11. The molecular formula is C22H24N2O4. The van der Waals surface area contributed by atoms with Crippen LogP contribution in [0.25, 0.3) is 0 Å². The molecule has 0 unspecified atom stereocenters.